The molecule has 1 aromatic carbocycles. The lowest BCUT2D eigenvalue weighted by Crippen LogP contribution is -2.45. The van der Waals surface area contributed by atoms with Crippen LogP contribution < -0.4 is 10.6 Å². The van der Waals surface area contributed by atoms with Crippen LogP contribution in [0.15, 0.2) is 24.3 Å². The lowest BCUT2D eigenvalue weighted by Gasteiger charge is -2.32. The maximum absolute atomic E-state index is 12.7. The lowest BCUT2D eigenvalue weighted by atomic mass is 9.95. The third-order valence-electron chi connectivity index (χ3n) is 4.50. The Kier molecular flexibility index (Phi) is 6.40. The Morgan fingerprint density at radius 3 is 2.38 bits per heavy atom. The topological polar surface area (TPSA) is 78.5 Å². The summed E-state index contributed by atoms with van der Waals surface area (Å²) >= 11 is 0. The van der Waals surface area contributed by atoms with Crippen LogP contribution in [0.4, 0.5) is 5.69 Å². The fourth-order valence-electron chi connectivity index (χ4n) is 2.89. The van der Waals surface area contributed by atoms with Gasteiger partial charge in [0.25, 0.3) is 5.91 Å². The number of hydrogen-bond acceptors (Lipinski definition) is 3. The molecule has 1 atom stereocenters. The number of nitrogens with zero attached hydrogens (tertiary/aromatic N) is 1. The van der Waals surface area contributed by atoms with Crippen LogP contribution in [0, 0.1) is 11.3 Å². The summed E-state index contributed by atoms with van der Waals surface area (Å²) < 4.78 is 0. The highest BCUT2D eigenvalue weighted by atomic mass is 16.2. The van der Waals surface area contributed by atoms with Crippen molar-refractivity contribution in [1.82, 2.24) is 10.2 Å². The van der Waals surface area contributed by atoms with Gasteiger partial charge in [0, 0.05) is 36.3 Å². The number of piperidine rings is 1. The van der Waals surface area contributed by atoms with Crippen LogP contribution in [0.1, 0.15) is 50.9 Å². The van der Waals surface area contributed by atoms with Crippen LogP contribution in [-0.4, -0.2) is 42.3 Å². The summed E-state index contributed by atoms with van der Waals surface area (Å²) in [7, 11) is 0. The number of likely N-dealkylation sites (tertiary alicyclic amines) is 1. The van der Waals surface area contributed by atoms with E-state index in [1.54, 1.807) is 29.2 Å². The first-order chi connectivity index (χ1) is 12.2. The Balaban J connectivity index is 2.01. The summed E-state index contributed by atoms with van der Waals surface area (Å²) in [6.45, 7) is 9.16. The number of carbonyl (C=O) groups is 3. The Morgan fingerprint density at radius 2 is 1.81 bits per heavy atom. The standard InChI is InChI=1S/C20H29N3O3/c1-5-21-17(24)15-7-6-12-23(13-15)18(25)14-8-10-16(11-9-14)22-19(26)20(2,3)4/h8-11,15H,5-7,12-13H2,1-4H3,(H,21,24)(H,22,26). The predicted octanol–water partition coefficient (Wildman–Crippen LogP) is 2.66. The van der Waals surface area contributed by atoms with E-state index >= 15 is 0 Å². The van der Waals surface area contributed by atoms with E-state index in [-0.39, 0.29) is 23.6 Å². The monoisotopic (exact) mass is 359 g/mol. The summed E-state index contributed by atoms with van der Waals surface area (Å²) in [6, 6.07) is 6.91. The van der Waals surface area contributed by atoms with Crippen LogP contribution in [0.3, 0.4) is 0 Å². The zero-order valence-electron chi connectivity index (χ0n) is 16.1. The van der Waals surface area contributed by atoms with Gasteiger partial charge in [-0.25, -0.2) is 0 Å². The fraction of sp³-hybridized carbons (Fsp3) is 0.550. The molecule has 0 saturated carbocycles. The normalized spacial score (nSPS) is 17.5. The van der Waals surface area contributed by atoms with Crippen LogP contribution in [-0.2, 0) is 9.59 Å². The van der Waals surface area contributed by atoms with E-state index in [1.165, 1.54) is 0 Å². The van der Waals surface area contributed by atoms with Gasteiger partial charge >= 0.3 is 0 Å². The number of anilines is 1. The molecule has 2 N–H and O–H groups in total. The Morgan fingerprint density at radius 1 is 1.15 bits per heavy atom. The quantitative estimate of drug-likeness (QED) is 0.867. The maximum atomic E-state index is 12.7. The summed E-state index contributed by atoms with van der Waals surface area (Å²) in [5, 5.41) is 5.68. The molecule has 0 aromatic heterocycles. The second kappa shape index (κ2) is 8.34. The highest BCUT2D eigenvalue weighted by Gasteiger charge is 2.28. The molecule has 6 nitrogen and oxygen atoms in total. The van der Waals surface area contributed by atoms with Gasteiger partial charge in [-0.15, -0.1) is 0 Å². The Labute approximate surface area is 155 Å². The van der Waals surface area contributed by atoms with Crippen molar-refractivity contribution in [3.63, 3.8) is 0 Å². The highest BCUT2D eigenvalue weighted by Crippen LogP contribution is 2.21. The number of carbonyl (C=O) groups excluding carboxylic acids is 3. The second-order valence-corrected chi connectivity index (χ2v) is 7.77. The van der Waals surface area contributed by atoms with Gasteiger partial charge in [0.1, 0.15) is 0 Å². The summed E-state index contributed by atoms with van der Waals surface area (Å²) in [5.41, 5.74) is 0.756. The van der Waals surface area contributed by atoms with Crippen LogP contribution in [0.2, 0.25) is 0 Å². The van der Waals surface area contributed by atoms with E-state index in [2.05, 4.69) is 10.6 Å². The Bertz CT molecular complexity index is 662. The molecule has 142 valence electrons. The number of rotatable bonds is 4. The predicted molar refractivity (Wildman–Crippen MR) is 102 cm³/mol. The molecule has 0 aliphatic carbocycles. The van der Waals surface area contributed by atoms with Crippen molar-refractivity contribution >= 4 is 23.4 Å². The highest BCUT2D eigenvalue weighted by molar-refractivity contribution is 5.97. The number of nitrogens with one attached hydrogen (secondary N) is 2. The van der Waals surface area contributed by atoms with Gasteiger partial charge in [0.2, 0.25) is 11.8 Å². The summed E-state index contributed by atoms with van der Waals surface area (Å²) in [5.74, 6) is -0.270. The van der Waals surface area contributed by atoms with Crippen LogP contribution in [0.25, 0.3) is 0 Å². The summed E-state index contributed by atoms with van der Waals surface area (Å²) in [4.78, 5) is 38.5. The van der Waals surface area contributed by atoms with E-state index in [1.807, 2.05) is 27.7 Å². The van der Waals surface area contributed by atoms with Gasteiger partial charge in [0.05, 0.1) is 5.92 Å². The molecule has 6 heteroatoms. The summed E-state index contributed by atoms with van der Waals surface area (Å²) in [6.07, 6.45) is 1.64. The second-order valence-electron chi connectivity index (χ2n) is 7.77. The third kappa shape index (κ3) is 5.07. The first kappa shape index (κ1) is 19.9. The van der Waals surface area contributed by atoms with E-state index < -0.39 is 5.41 Å². The molecule has 0 bridgehead atoms. The van der Waals surface area contributed by atoms with Crippen molar-refractivity contribution in [1.29, 1.82) is 0 Å². The number of benzene rings is 1. The molecule has 2 rings (SSSR count). The minimum absolute atomic E-state index is 0.0187. The minimum atomic E-state index is -0.476. The molecule has 1 unspecified atom stereocenters. The lowest BCUT2D eigenvalue weighted by molar-refractivity contribution is -0.126. The van der Waals surface area contributed by atoms with Gasteiger partial charge in [-0.05, 0) is 44.0 Å². The first-order valence-electron chi connectivity index (χ1n) is 9.21. The zero-order valence-corrected chi connectivity index (χ0v) is 16.1. The third-order valence-corrected chi connectivity index (χ3v) is 4.50. The molecule has 1 heterocycles. The van der Waals surface area contributed by atoms with Crippen molar-refractivity contribution in [2.24, 2.45) is 11.3 Å². The molecule has 1 saturated heterocycles. The minimum Gasteiger partial charge on any atom is -0.356 e. The van der Waals surface area contributed by atoms with E-state index in [0.717, 1.165) is 12.8 Å². The molecule has 1 fully saturated rings. The van der Waals surface area contributed by atoms with Gasteiger partial charge in [-0.1, -0.05) is 20.8 Å². The molecular formula is C20H29N3O3. The van der Waals surface area contributed by atoms with Crippen molar-refractivity contribution in [2.45, 2.75) is 40.5 Å². The van der Waals surface area contributed by atoms with Gasteiger partial charge in [-0.2, -0.15) is 0 Å². The van der Waals surface area contributed by atoms with Crippen LogP contribution >= 0.6 is 0 Å². The fourth-order valence-corrected chi connectivity index (χ4v) is 2.89. The number of hydrogen-bond donors (Lipinski definition) is 2. The molecule has 1 aromatic rings. The molecule has 0 spiro atoms. The molecule has 1 aliphatic rings. The molecule has 1 aliphatic heterocycles. The van der Waals surface area contributed by atoms with Gasteiger partial charge in [0.15, 0.2) is 0 Å². The van der Waals surface area contributed by atoms with Gasteiger partial charge < -0.3 is 15.5 Å². The van der Waals surface area contributed by atoms with E-state index in [4.69, 9.17) is 0 Å². The number of amides is 3. The van der Waals surface area contributed by atoms with E-state index in [0.29, 0.717) is 30.9 Å². The average molecular weight is 359 g/mol. The van der Waals surface area contributed by atoms with Crippen molar-refractivity contribution in [3.05, 3.63) is 29.8 Å². The van der Waals surface area contributed by atoms with E-state index in [9.17, 15) is 14.4 Å². The van der Waals surface area contributed by atoms with Crippen molar-refractivity contribution < 1.29 is 14.4 Å². The first-order valence-corrected chi connectivity index (χ1v) is 9.21. The molecule has 26 heavy (non-hydrogen) atoms. The smallest absolute Gasteiger partial charge is 0.253 e. The van der Waals surface area contributed by atoms with Crippen molar-refractivity contribution in [3.8, 4) is 0 Å². The SMILES string of the molecule is CCNC(=O)C1CCCN(C(=O)c2ccc(NC(=O)C(C)(C)C)cc2)C1. The van der Waals surface area contributed by atoms with Crippen LogP contribution in [0.5, 0.6) is 0 Å². The Hall–Kier alpha value is -2.37. The van der Waals surface area contributed by atoms with Crippen molar-refractivity contribution in [2.75, 3.05) is 25.0 Å². The van der Waals surface area contributed by atoms with Gasteiger partial charge in [-0.3, -0.25) is 14.4 Å². The maximum Gasteiger partial charge on any atom is 0.253 e. The molecule has 3 amide bonds. The largest absolute Gasteiger partial charge is 0.356 e. The molecule has 0 radical (unpaired) electrons. The zero-order chi connectivity index (χ0) is 19.3. The average Bonchev–Trinajstić information content (AvgIpc) is 2.61. The molecular weight excluding hydrogens is 330 g/mol.